The minimum Gasteiger partial charge on any atom is -0.369 e. The number of benzene rings is 2. The molecule has 0 amide bonds. The van der Waals surface area contributed by atoms with Crippen LogP contribution in [0, 0.1) is 12.7 Å². The molecule has 0 unspecified atom stereocenters. The monoisotopic (exact) mass is 358 g/mol. The van der Waals surface area contributed by atoms with Gasteiger partial charge in [0.05, 0.1) is 21.6 Å². The second-order valence-corrected chi connectivity index (χ2v) is 7.04. The Morgan fingerprint density at radius 2 is 1.92 bits per heavy atom. The zero-order valence-electron chi connectivity index (χ0n) is 14.3. The number of H-pyrrole nitrogens is 1. The first-order valence-electron chi connectivity index (χ1n) is 8.41. The third-order valence-electron chi connectivity index (χ3n) is 4.83. The van der Waals surface area contributed by atoms with Crippen molar-refractivity contribution in [1.82, 2.24) is 14.9 Å². The highest BCUT2D eigenvalue weighted by atomic mass is 35.5. The first kappa shape index (κ1) is 16.4. The van der Waals surface area contributed by atoms with Crippen molar-refractivity contribution in [2.24, 2.45) is 0 Å². The van der Waals surface area contributed by atoms with Gasteiger partial charge in [-0.2, -0.15) is 0 Å². The van der Waals surface area contributed by atoms with Crippen LogP contribution in [0.3, 0.4) is 0 Å². The molecule has 25 heavy (non-hydrogen) atoms. The van der Waals surface area contributed by atoms with E-state index in [1.807, 2.05) is 6.92 Å². The van der Waals surface area contributed by atoms with E-state index < -0.39 is 0 Å². The molecule has 3 aromatic rings. The average Bonchev–Trinajstić information content (AvgIpc) is 2.99. The van der Waals surface area contributed by atoms with E-state index in [1.54, 1.807) is 12.1 Å². The van der Waals surface area contributed by atoms with Crippen LogP contribution in [-0.2, 0) is 0 Å². The highest BCUT2D eigenvalue weighted by molar-refractivity contribution is 6.33. The van der Waals surface area contributed by atoms with Gasteiger partial charge in [-0.05, 0) is 43.8 Å². The molecule has 0 aliphatic carbocycles. The lowest BCUT2D eigenvalue weighted by Gasteiger charge is -2.34. The Morgan fingerprint density at radius 1 is 1.16 bits per heavy atom. The minimum atomic E-state index is -0.372. The van der Waals surface area contributed by atoms with Gasteiger partial charge >= 0.3 is 0 Å². The predicted molar refractivity (Wildman–Crippen MR) is 101 cm³/mol. The molecule has 130 valence electrons. The molecule has 6 heteroatoms. The van der Waals surface area contributed by atoms with Crippen LogP contribution in [0.25, 0.3) is 22.4 Å². The third kappa shape index (κ3) is 2.98. The number of hydrogen-bond acceptors (Lipinski definition) is 3. The molecule has 4 nitrogen and oxygen atoms in total. The maximum Gasteiger partial charge on any atom is 0.142 e. The van der Waals surface area contributed by atoms with Gasteiger partial charge in [-0.15, -0.1) is 0 Å². The Balaban J connectivity index is 1.77. The van der Waals surface area contributed by atoms with E-state index in [4.69, 9.17) is 11.6 Å². The number of aryl methyl sites for hydroxylation is 1. The summed E-state index contributed by atoms with van der Waals surface area (Å²) in [6, 6.07) is 8.92. The van der Waals surface area contributed by atoms with Crippen molar-refractivity contribution in [1.29, 1.82) is 0 Å². The van der Waals surface area contributed by atoms with Crippen LogP contribution in [0.4, 0.5) is 10.1 Å². The summed E-state index contributed by atoms with van der Waals surface area (Å²) < 4.78 is 14.2. The number of nitrogens with one attached hydrogen (secondary N) is 1. The van der Waals surface area contributed by atoms with E-state index in [0.29, 0.717) is 16.4 Å². The summed E-state index contributed by atoms with van der Waals surface area (Å²) >= 11 is 6.19. The largest absolute Gasteiger partial charge is 0.369 e. The molecular weight excluding hydrogens is 339 g/mol. The summed E-state index contributed by atoms with van der Waals surface area (Å²) in [6.45, 7) is 6.14. The summed E-state index contributed by atoms with van der Waals surface area (Å²) in [4.78, 5) is 12.6. The number of piperazine rings is 1. The first-order valence-corrected chi connectivity index (χ1v) is 8.79. The molecule has 1 aromatic heterocycles. The SMILES string of the molecule is Cc1cc(N2CCN(C)CC2)cc2[nH]c(-c3c(F)cccc3Cl)nc12. The molecule has 2 heterocycles. The summed E-state index contributed by atoms with van der Waals surface area (Å²) in [5.74, 6) is 0.0974. The van der Waals surface area contributed by atoms with E-state index >= 15 is 0 Å². The number of aromatic nitrogens is 2. The summed E-state index contributed by atoms with van der Waals surface area (Å²) in [5.41, 5.74) is 4.32. The Labute approximate surface area is 151 Å². The number of imidazole rings is 1. The van der Waals surface area contributed by atoms with Gasteiger partial charge in [0.2, 0.25) is 0 Å². The van der Waals surface area contributed by atoms with Crippen molar-refractivity contribution in [2.75, 3.05) is 38.1 Å². The van der Waals surface area contributed by atoms with E-state index in [9.17, 15) is 4.39 Å². The molecule has 0 saturated carbocycles. The topological polar surface area (TPSA) is 35.2 Å². The number of rotatable bonds is 2. The standard InChI is InChI=1S/C19H20ClFN4/c1-12-10-13(25-8-6-24(2)7-9-25)11-16-18(12)23-19(22-16)17-14(20)4-3-5-15(17)21/h3-5,10-11H,6-9H2,1-2H3,(H,22,23). The van der Waals surface area contributed by atoms with Gasteiger partial charge in [0.1, 0.15) is 11.6 Å². The number of aromatic amines is 1. The maximum absolute atomic E-state index is 14.2. The Kier molecular flexibility index (Phi) is 4.13. The van der Waals surface area contributed by atoms with Gasteiger partial charge in [0.25, 0.3) is 0 Å². The van der Waals surface area contributed by atoms with E-state index in [1.165, 1.54) is 11.8 Å². The van der Waals surface area contributed by atoms with Gasteiger partial charge in [0.15, 0.2) is 0 Å². The number of fused-ring (bicyclic) bond motifs is 1. The lowest BCUT2D eigenvalue weighted by atomic mass is 10.1. The zero-order chi connectivity index (χ0) is 17.6. The normalized spacial score (nSPS) is 15.9. The van der Waals surface area contributed by atoms with Crippen molar-refractivity contribution in [3.8, 4) is 11.4 Å². The van der Waals surface area contributed by atoms with Crippen molar-refractivity contribution < 1.29 is 4.39 Å². The molecule has 0 spiro atoms. The first-order chi connectivity index (χ1) is 12.0. The number of likely N-dealkylation sites (N-methyl/N-ethyl adjacent to an activating group) is 1. The van der Waals surface area contributed by atoms with E-state index in [-0.39, 0.29) is 5.82 Å². The van der Waals surface area contributed by atoms with Gasteiger partial charge in [-0.25, -0.2) is 9.37 Å². The second kappa shape index (κ2) is 6.32. The minimum absolute atomic E-state index is 0.320. The third-order valence-corrected chi connectivity index (χ3v) is 5.14. The lowest BCUT2D eigenvalue weighted by molar-refractivity contribution is 0.313. The fourth-order valence-corrected chi connectivity index (χ4v) is 3.61. The summed E-state index contributed by atoms with van der Waals surface area (Å²) in [5, 5.41) is 0.357. The molecule has 4 rings (SSSR count). The molecule has 0 radical (unpaired) electrons. The predicted octanol–water partition coefficient (Wildman–Crippen LogP) is 4.08. The fraction of sp³-hybridized carbons (Fsp3) is 0.316. The van der Waals surface area contributed by atoms with Crippen LogP contribution < -0.4 is 4.90 Å². The van der Waals surface area contributed by atoms with Gasteiger partial charge in [-0.1, -0.05) is 17.7 Å². The highest BCUT2D eigenvalue weighted by Crippen LogP contribution is 2.32. The van der Waals surface area contributed by atoms with Crippen LogP contribution in [0.2, 0.25) is 5.02 Å². The van der Waals surface area contributed by atoms with Gasteiger partial charge < -0.3 is 14.8 Å². The molecule has 1 aliphatic heterocycles. The summed E-state index contributed by atoms with van der Waals surface area (Å²) in [7, 11) is 2.14. The molecule has 1 fully saturated rings. The Bertz CT molecular complexity index is 908. The number of halogens is 2. The van der Waals surface area contributed by atoms with E-state index in [2.05, 4.69) is 38.9 Å². The van der Waals surface area contributed by atoms with Gasteiger partial charge in [-0.3, -0.25) is 0 Å². The second-order valence-electron chi connectivity index (χ2n) is 6.63. The Hall–Kier alpha value is -2.11. The molecule has 1 saturated heterocycles. The molecule has 0 bridgehead atoms. The maximum atomic E-state index is 14.2. The van der Waals surface area contributed by atoms with Crippen LogP contribution in [0.15, 0.2) is 30.3 Å². The summed E-state index contributed by atoms with van der Waals surface area (Å²) in [6.07, 6.45) is 0. The van der Waals surface area contributed by atoms with Crippen molar-refractivity contribution in [2.45, 2.75) is 6.92 Å². The molecule has 2 aromatic carbocycles. The van der Waals surface area contributed by atoms with Crippen LogP contribution in [0.1, 0.15) is 5.56 Å². The van der Waals surface area contributed by atoms with Crippen molar-refractivity contribution in [3.05, 3.63) is 46.7 Å². The zero-order valence-corrected chi connectivity index (χ0v) is 15.1. The highest BCUT2D eigenvalue weighted by Gasteiger charge is 2.18. The quantitative estimate of drug-likeness (QED) is 0.749. The lowest BCUT2D eigenvalue weighted by Crippen LogP contribution is -2.44. The molecular formula is C19H20ClFN4. The van der Waals surface area contributed by atoms with Crippen molar-refractivity contribution in [3.63, 3.8) is 0 Å². The number of hydrogen-bond donors (Lipinski definition) is 1. The smallest absolute Gasteiger partial charge is 0.142 e. The average molecular weight is 359 g/mol. The number of nitrogens with zero attached hydrogens (tertiary/aromatic N) is 3. The van der Waals surface area contributed by atoms with Crippen LogP contribution in [-0.4, -0.2) is 48.1 Å². The number of anilines is 1. The van der Waals surface area contributed by atoms with Crippen molar-refractivity contribution >= 4 is 28.3 Å². The van der Waals surface area contributed by atoms with Crippen LogP contribution in [0.5, 0.6) is 0 Å². The van der Waals surface area contributed by atoms with Crippen LogP contribution >= 0.6 is 11.6 Å². The fourth-order valence-electron chi connectivity index (χ4n) is 3.36. The molecule has 1 N–H and O–H groups in total. The van der Waals surface area contributed by atoms with E-state index in [0.717, 1.165) is 42.8 Å². The van der Waals surface area contributed by atoms with Gasteiger partial charge in [0, 0.05) is 31.9 Å². The Morgan fingerprint density at radius 3 is 2.64 bits per heavy atom. The molecule has 1 aliphatic rings. The molecule has 0 atom stereocenters.